The number of amides is 1. The van der Waals surface area contributed by atoms with Crippen LogP contribution in [0.2, 0.25) is 10.0 Å². The van der Waals surface area contributed by atoms with E-state index in [1.54, 1.807) is 0 Å². The third-order valence-electron chi connectivity index (χ3n) is 7.40. The maximum absolute atomic E-state index is 14.1. The fraction of sp³-hybridized carbons (Fsp3) is 0.519. The van der Waals surface area contributed by atoms with Gasteiger partial charge in [-0.2, -0.15) is 13.2 Å². The molecule has 1 heterocycles. The Balaban J connectivity index is 1.52. The van der Waals surface area contributed by atoms with E-state index in [2.05, 4.69) is 10.6 Å². The van der Waals surface area contributed by atoms with Crippen LogP contribution in [0.3, 0.4) is 0 Å². The van der Waals surface area contributed by atoms with Crippen molar-refractivity contribution in [2.45, 2.75) is 75.3 Å². The van der Waals surface area contributed by atoms with Gasteiger partial charge in [0.2, 0.25) is 0 Å². The number of nitrogens with one attached hydrogen (secondary N) is 2. The van der Waals surface area contributed by atoms with Crippen LogP contribution in [0.25, 0.3) is 0 Å². The van der Waals surface area contributed by atoms with E-state index < -0.39 is 27.5 Å². The molecule has 1 atom stereocenters. The molecule has 2 aliphatic rings. The zero-order valence-corrected chi connectivity index (χ0v) is 23.9. The van der Waals surface area contributed by atoms with Crippen LogP contribution >= 0.6 is 23.2 Å². The first-order chi connectivity index (χ1) is 18.4. The second-order valence-corrected chi connectivity index (χ2v) is 13.3. The maximum Gasteiger partial charge on any atom is 0.416 e. The van der Waals surface area contributed by atoms with Crippen molar-refractivity contribution < 1.29 is 26.4 Å². The molecule has 0 bridgehead atoms. The van der Waals surface area contributed by atoms with Gasteiger partial charge in [-0.1, -0.05) is 36.5 Å². The number of rotatable bonds is 9. The number of halogens is 5. The molecule has 214 valence electrons. The average molecular weight is 607 g/mol. The third-order valence-corrected chi connectivity index (χ3v) is 9.80. The number of likely N-dealkylation sites (tertiary alicyclic amines) is 1. The van der Waals surface area contributed by atoms with E-state index >= 15 is 0 Å². The summed E-state index contributed by atoms with van der Waals surface area (Å²) in [5.41, 5.74) is -1.03. The van der Waals surface area contributed by atoms with Crippen LogP contribution in [-0.2, 0) is 29.1 Å². The Labute approximate surface area is 237 Å². The molecule has 2 aromatic carbocycles. The van der Waals surface area contributed by atoms with Gasteiger partial charge in [0.05, 0.1) is 16.2 Å². The van der Waals surface area contributed by atoms with Gasteiger partial charge in [-0.15, -0.1) is 0 Å². The molecule has 6 nitrogen and oxygen atoms in total. The van der Waals surface area contributed by atoms with E-state index in [4.69, 9.17) is 23.2 Å². The molecular weight excluding hydrogens is 574 g/mol. The largest absolute Gasteiger partial charge is 0.416 e. The summed E-state index contributed by atoms with van der Waals surface area (Å²) < 4.78 is 67.3. The minimum Gasteiger partial charge on any atom is -0.348 e. The normalized spacial score (nSPS) is 19.1. The summed E-state index contributed by atoms with van der Waals surface area (Å²) in [5, 5.41) is 6.25. The second-order valence-electron chi connectivity index (χ2n) is 10.2. The van der Waals surface area contributed by atoms with Gasteiger partial charge in [-0.3, -0.25) is 9.69 Å². The molecule has 2 N–H and O–H groups in total. The molecule has 2 aromatic rings. The quantitative estimate of drug-likeness (QED) is 0.375. The summed E-state index contributed by atoms with van der Waals surface area (Å²) in [5.74, 6) is -0.966. The van der Waals surface area contributed by atoms with Gasteiger partial charge in [0.25, 0.3) is 5.91 Å². The lowest BCUT2D eigenvalue weighted by molar-refractivity contribution is -0.138. The Bertz CT molecular complexity index is 1320. The van der Waals surface area contributed by atoms with E-state index in [-0.39, 0.29) is 56.5 Å². The zero-order valence-electron chi connectivity index (χ0n) is 21.6. The van der Waals surface area contributed by atoms with Gasteiger partial charge in [-0.25, -0.2) is 8.42 Å². The predicted molar refractivity (Wildman–Crippen MR) is 146 cm³/mol. The minimum atomic E-state index is -4.72. The number of hydrogen-bond donors (Lipinski definition) is 2. The number of sulfone groups is 1. The first-order valence-electron chi connectivity index (χ1n) is 13.0. The van der Waals surface area contributed by atoms with Crippen molar-refractivity contribution in [3.05, 3.63) is 62.6 Å². The maximum atomic E-state index is 14.1. The highest BCUT2D eigenvalue weighted by Crippen LogP contribution is 2.37. The number of nitrogens with zero attached hydrogens (tertiary/aromatic N) is 1. The fourth-order valence-corrected chi connectivity index (χ4v) is 6.66. The number of alkyl halides is 3. The zero-order chi connectivity index (χ0) is 28.4. The number of hydrogen-bond acceptors (Lipinski definition) is 5. The van der Waals surface area contributed by atoms with Crippen molar-refractivity contribution in [3.8, 4) is 0 Å². The van der Waals surface area contributed by atoms with Crippen molar-refractivity contribution in [3.63, 3.8) is 0 Å². The van der Waals surface area contributed by atoms with E-state index in [9.17, 15) is 26.4 Å². The molecule has 39 heavy (non-hydrogen) atoms. The highest BCUT2D eigenvalue weighted by molar-refractivity contribution is 7.91. The Morgan fingerprint density at radius 2 is 1.79 bits per heavy atom. The van der Waals surface area contributed by atoms with E-state index in [1.807, 2.05) is 4.90 Å². The molecule has 1 saturated heterocycles. The fourth-order valence-electron chi connectivity index (χ4n) is 5.07. The summed E-state index contributed by atoms with van der Waals surface area (Å²) in [7, 11) is -3.61. The van der Waals surface area contributed by atoms with E-state index in [0.29, 0.717) is 19.1 Å². The van der Waals surface area contributed by atoms with Crippen molar-refractivity contribution in [1.82, 2.24) is 15.5 Å². The third kappa shape index (κ3) is 7.47. The summed E-state index contributed by atoms with van der Waals surface area (Å²) in [6, 6.07) is 6.96. The van der Waals surface area contributed by atoms with Crippen LogP contribution in [0.5, 0.6) is 0 Å². The highest BCUT2D eigenvalue weighted by Gasteiger charge is 2.36. The summed E-state index contributed by atoms with van der Waals surface area (Å²) in [6.45, 7) is 2.58. The van der Waals surface area contributed by atoms with Gasteiger partial charge in [-0.05, 0) is 73.7 Å². The number of benzene rings is 2. The van der Waals surface area contributed by atoms with E-state index in [1.165, 1.54) is 37.6 Å². The predicted octanol–water partition coefficient (Wildman–Crippen LogP) is 5.84. The Kier molecular flexibility index (Phi) is 9.53. The van der Waals surface area contributed by atoms with Crippen LogP contribution in [0, 0.1) is 0 Å². The summed E-state index contributed by atoms with van der Waals surface area (Å²) in [6.07, 6.45) is 0.623. The van der Waals surface area contributed by atoms with Gasteiger partial charge in [0.15, 0.2) is 9.84 Å². The SMILES string of the molecule is CCS(=O)(=O)c1ccc(Cl)cc1CNC(=O)c1cc(Cl)c(CN2CCC[C@H](NC3CCC3)C2)c(C(F)(F)F)c1. The van der Waals surface area contributed by atoms with Gasteiger partial charge >= 0.3 is 6.18 Å². The molecule has 0 radical (unpaired) electrons. The Morgan fingerprint density at radius 3 is 2.44 bits per heavy atom. The standard InChI is InChI=1S/C27H32Cl2F3N3O3S/c1-2-39(37,38)25-9-8-19(28)11-18(25)14-33-26(36)17-12-23(27(30,31)32)22(24(29)13-17)16-35-10-4-7-21(15-35)34-20-5-3-6-20/h8-9,11-13,20-21,34H,2-7,10,14-16H2,1H3,(H,33,36)/t21-/m0/s1. The van der Waals surface area contributed by atoms with Gasteiger partial charge < -0.3 is 10.6 Å². The molecule has 1 saturated carbocycles. The molecule has 0 spiro atoms. The molecule has 1 aliphatic heterocycles. The summed E-state index contributed by atoms with van der Waals surface area (Å²) >= 11 is 12.4. The molecular formula is C27H32Cl2F3N3O3S. The topological polar surface area (TPSA) is 78.5 Å². The summed E-state index contributed by atoms with van der Waals surface area (Å²) in [4.78, 5) is 14.9. The molecule has 0 unspecified atom stereocenters. The number of carbonyl (C=O) groups is 1. The smallest absolute Gasteiger partial charge is 0.348 e. The number of carbonyl (C=O) groups excluding carboxylic acids is 1. The Morgan fingerprint density at radius 1 is 1.08 bits per heavy atom. The lowest BCUT2D eigenvalue weighted by Gasteiger charge is -2.38. The highest BCUT2D eigenvalue weighted by atomic mass is 35.5. The van der Waals surface area contributed by atoms with Gasteiger partial charge in [0.1, 0.15) is 0 Å². The van der Waals surface area contributed by atoms with E-state index in [0.717, 1.165) is 31.7 Å². The average Bonchev–Trinajstić information content (AvgIpc) is 2.85. The van der Waals surface area contributed by atoms with Crippen molar-refractivity contribution in [2.75, 3.05) is 18.8 Å². The monoisotopic (exact) mass is 605 g/mol. The molecule has 2 fully saturated rings. The first kappa shape index (κ1) is 30.1. The molecule has 1 amide bonds. The van der Waals surface area contributed by atoms with Crippen molar-refractivity contribution in [2.24, 2.45) is 0 Å². The minimum absolute atomic E-state index is 0.00527. The van der Waals surface area contributed by atoms with Gasteiger partial charge in [0, 0.05) is 47.3 Å². The first-order valence-corrected chi connectivity index (χ1v) is 15.5. The van der Waals surface area contributed by atoms with Crippen LogP contribution in [0.4, 0.5) is 13.2 Å². The van der Waals surface area contributed by atoms with Crippen LogP contribution < -0.4 is 10.6 Å². The Hall–Kier alpha value is -1.85. The van der Waals surface area contributed by atoms with Crippen LogP contribution in [0.1, 0.15) is 66.1 Å². The van der Waals surface area contributed by atoms with Crippen LogP contribution in [-0.4, -0.2) is 50.2 Å². The second kappa shape index (κ2) is 12.3. The van der Waals surface area contributed by atoms with Crippen molar-refractivity contribution in [1.29, 1.82) is 0 Å². The molecule has 4 rings (SSSR count). The lowest BCUT2D eigenvalue weighted by atomic mass is 9.91. The van der Waals surface area contributed by atoms with Crippen LogP contribution in [0.15, 0.2) is 35.2 Å². The molecule has 0 aromatic heterocycles. The number of piperidine rings is 1. The van der Waals surface area contributed by atoms with Crippen molar-refractivity contribution >= 4 is 38.9 Å². The molecule has 12 heteroatoms. The molecule has 1 aliphatic carbocycles. The lowest BCUT2D eigenvalue weighted by Crippen LogP contribution is -2.50.